The molecule has 154 valence electrons. The van der Waals surface area contributed by atoms with Crippen LogP contribution in [-0.2, 0) is 11.3 Å². The first-order valence-electron chi connectivity index (χ1n) is 9.75. The van der Waals surface area contributed by atoms with E-state index < -0.39 is 0 Å². The minimum atomic E-state index is -0.208. The van der Waals surface area contributed by atoms with E-state index in [0.717, 1.165) is 56.1 Å². The highest BCUT2D eigenvalue weighted by molar-refractivity contribution is 9.10. The molecule has 1 fully saturated rings. The van der Waals surface area contributed by atoms with E-state index in [2.05, 4.69) is 20.5 Å². The molecule has 0 unspecified atom stereocenters. The summed E-state index contributed by atoms with van der Waals surface area (Å²) in [6.45, 7) is 3.13. The Bertz CT molecular complexity index is 1170. The molecule has 0 atom stereocenters. The molecule has 4 rings (SSSR count). The number of halogens is 2. The van der Waals surface area contributed by atoms with E-state index in [1.807, 2.05) is 61.7 Å². The number of fused-ring (bicyclic) bond motifs is 1. The zero-order chi connectivity index (χ0) is 21.3. The van der Waals surface area contributed by atoms with Crippen LogP contribution >= 0.6 is 39.3 Å². The van der Waals surface area contributed by atoms with Gasteiger partial charge < -0.3 is 4.57 Å². The normalized spacial score (nSPS) is 15.7. The Kier molecular flexibility index (Phi) is 6.37. The summed E-state index contributed by atoms with van der Waals surface area (Å²) in [7, 11) is 0. The first-order valence-corrected chi connectivity index (χ1v) is 11.7. The van der Waals surface area contributed by atoms with Gasteiger partial charge >= 0.3 is 0 Å². The molecule has 30 heavy (non-hydrogen) atoms. The number of unbranched alkanes of at least 4 members (excludes halogenated alkanes) is 1. The van der Waals surface area contributed by atoms with Gasteiger partial charge in [0.05, 0.1) is 4.91 Å². The minimum absolute atomic E-state index is 0.194. The lowest BCUT2D eigenvalue weighted by Gasteiger charge is -2.10. The number of benzene rings is 2. The Morgan fingerprint density at radius 3 is 2.73 bits per heavy atom. The van der Waals surface area contributed by atoms with Crippen molar-refractivity contribution in [3.63, 3.8) is 0 Å². The number of carbonyl (C=O) groups excluding carboxylic acids is 2. The van der Waals surface area contributed by atoms with Crippen LogP contribution in [-0.4, -0.2) is 27.2 Å². The van der Waals surface area contributed by atoms with E-state index in [9.17, 15) is 9.59 Å². The van der Waals surface area contributed by atoms with Crippen molar-refractivity contribution in [2.75, 3.05) is 6.54 Å². The van der Waals surface area contributed by atoms with Crippen molar-refractivity contribution in [1.82, 2.24) is 9.47 Å². The van der Waals surface area contributed by atoms with Crippen LogP contribution in [0.4, 0.5) is 4.79 Å². The lowest BCUT2D eigenvalue weighted by atomic mass is 10.1. The molecular weight excluding hydrogens is 484 g/mol. The lowest BCUT2D eigenvalue weighted by molar-refractivity contribution is -0.122. The summed E-state index contributed by atoms with van der Waals surface area (Å²) in [4.78, 5) is 26.9. The number of imide groups is 1. The molecule has 0 N–H and O–H groups in total. The van der Waals surface area contributed by atoms with Gasteiger partial charge in [-0.25, -0.2) is 0 Å². The predicted octanol–water partition coefficient (Wildman–Crippen LogP) is 6.94. The van der Waals surface area contributed by atoms with Gasteiger partial charge in [0.15, 0.2) is 0 Å². The zero-order valence-corrected chi connectivity index (χ0v) is 19.6. The van der Waals surface area contributed by atoms with Crippen molar-refractivity contribution in [3.05, 3.63) is 74.2 Å². The second-order valence-corrected chi connectivity index (χ2v) is 9.47. The molecule has 2 aromatic carbocycles. The maximum absolute atomic E-state index is 12.8. The van der Waals surface area contributed by atoms with Gasteiger partial charge in [0.2, 0.25) is 0 Å². The molecular formula is C23H20BrClN2O2S. The second-order valence-electron chi connectivity index (χ2n) is 7.15. The summed E-state index contributed by atoms with van der Waals surface area (Å²) in [6, 6.07) is 13.8. The van der Waals surface area contributed by atoms with Crippen molar-refractivity contribution in [2.24, 2.45) is 0 Å². The number of carbonyl (C=O) groups is 2. The topological polar surface area (TPSA) is 42.3 Å². The quantitative estimate of drug-likeness (QED) is 0.342. The maximum atomic E-state index is 12.8. The van der Waals surface area contributed by atoms with E-state index in [1.165, 1.54) is 4.90 Å². The Morgan fingerprint density at radius 2 is 1.97 bits per heavy atom. The first kappa shape index (κ1) is 21.2. The number of thioether (sulfide) groups is 1. The average Bonchev–Trinajstić information content (AvgIpc) is 3.19. The molecule has 2 heterocycles. The molecule has 1 aliphatic rings. The predicted molar refractivity (Wildman–Crippen MR) is 128 cm³/mol. The number of hydrogen-bond donors (Lipinski definition) is 0. The van der Waals surface area contributed by atoms with Gasteiger partial charge in [-0.15, -0.1) is 0 Å². The van der Waals surface area contributed by atoms with Crippen LogP contribution in [0.3, 0.4) is 0 Å². The van der Waals surface area contributed by atoms with Crippen molar-refractivity contribution in [1.29, 1.82) is 0 Å². The standard InChI is InChI=1S/C23H20BrClN2O2S/c1-2-3-10-27-22(28)21(30-23(27)29)11-16-14-26(13-15-6-4-5-7-19(15)25)20-9-8-17(24)12-18(16)20/h4-9,11-12,14H,2-3,10,13H2,1H3/b21-11-. The van der Waals surface area contributed by atoms with Gasteiger partial charge in [-0.1, -0.05) is 59.1 Å². The summed E-state index contributed by atoms with van der Waals surface area (Å²) in [5.74, 6) is -0.208. The number of amides is 2. The highest BCUT2D eigenvalue weighted by Gasteiger charge is 2.34. The third kappa shape index (κ3) is 4.22. The molecule has 0 bridgehead atoms. The molecule has 0 radical (unpaired) electrons. The average molecular weight is 504 g/mol. The third-order valence-electron chi connectivity index (χ3n) is 5.07. The SMILES string of the molecule is CCCCN1C(=O)S/C(=C\c2cn(Cc3ccccc3Cl)c3ccc(Br)cc23)C1=O. The van der Waals surface area contributed by atoms with E-state index in [-0.39, 0.29) is 11.1 Å². The molecule has 0 spiro atoms. The van der Waals surface area contributed by atoms with Crippen LogP contribution in [0.2, 0.25) is 5.02 Å². The van der Waals surface area contributed by atoms with E-state index in [0.29, 0.717) is 18.0 Å². The highest BCUT2D eigenvalue weighted by Crippen LogP contribution is 2.35. The summed E-state index contributed by atoms with van der Waals surface area (Å²) in [5.41, 5.74) is 2.96. The van der Waals surface area contributed by atoms with Gasteiger partial charge in [0.25, 0.3) is 11.1 Å². The van der Waals surface area contributed by atoms with Crippen LogP contribution in [0.15, 0.2) is 58.0 Å². The van der Waals surface area contributed by atoms with E-state index in [1.54, 1.807) is 0 Å². The molecule has 2 amide bonds. The van der Waals surface area contributed by atoms with Crippen LogP contribution in [0, 0.1) is 0 Å². The lowest BCUT2D eigenvalue weighted by Crippen LogP contribution is -2.29. The maximum Gasteiger partial charge on any atom is 0.293 e. The van der Waals surface area contributed by atoms with Gasteiger partial charge in [0.1, 0.15) is 0 Å². The van der Waals surface area contributed by atoms with Gasteiger partial charge in [-0.2, -0.15) is 0 Å². The fourth-order valence-corrected chi connectivity index (χ4v) is 4.92. The van der Waals surface area contributed by atoms with E-state index in [4.69, 9.17) is 11.6 Å². The summed E-state index contributed by atoms with van der Waals surface area (Å²) >= 11 is 10.9. The number of hydrogen-bond acceptors (Lipinski definition) is 3. The largest absolute Gasteiger partial charge is 0.342 e. The molecule has 1 aromatic heterocycles. The minimum Gasteiger partial charge on any atom is -0.342 e. The zero-order valence-electron chi connectivity index (χ0n) is 16.4. The summed E-state index contributed by atoms with van der Waals surface area (Å²) in [5, 5.41) is 1.53. The molecule has 1 saturated heterocycles. The van der Waals surface area contributed by atoms with Crippen LogP contribution in [0.25, 0.3) is 17.0 Å². The molecule has 0 saturated carbocycles. The highest BCUT2D eigenvalue weighted by atomic mass is 79.9. The fraction of sp³-hybridized carbons (Fsp3) is 0.217. The number of rotatable bonds is 6. The Hall–Kier alpha value is -2.02. The summed E-state index contributed by atoms with van der Waals surface area (Å²) < 4.78 is 3.08. The molecule has 3 aromatic rings. The second kappa shape index (κ2) is 9.00. The van der Waals surface area contributed by atoms with E-state index >= 15 is 0 Å². The Morgan fingerprint density at radius 1 is 1.17 bits per heavy atom. The molecule has 1 aliphatic heterocycles. The summed E-state index contributed by atoms with van der Waals surface area (Å²) in [6.07, 6.45) is 5.59. The van der Waals surface area contributed by atoms with Gasteiger partial charge in [-0.05, 0) is 54.1 Å². The van der Waals surface area contributed by atoms with Gasteiger partial charge in [0, 0.05) is 45.2 Å². The molecule has 4 nitrogen and oxygen atoms in total. The van der Waals surface area contributed by atoms with Crippen molar-refractivity contribution >= 4 is 67.4 Å². The fourth-order valence-electron chi connectivity index (χ4n) is 3.50. The van der Waals surface area contributed by atoms with Crippen molar-refractivity contribution < 1.29 is 9.59 Å². The van der Waals surface area contributed by atoms with Gasteiger partial charge in [-0.3, -0.25) is 14.5 Å². The smallest absolute Gasteiger partial charge is 0.293 e. The number of nitrogens with zero attached hydrogens (tertiary/aromatic N) is 2. The monoisotopic (exact) mass is 502 g/mol. The van der Waals surface area contributed by atoms with Crippen LogP contribution in [0.1, 0.15) is 30.9 Å². The number of aromatic nitrogens is 1. The Labute approximate surface area is 193 Å². The third-order valence-corrected chi connectivity index (χ3v) is 6.84. The van der Waals surface area contributed by atoms with Crippen LogP contribution in [0.5, 0.6) is 0 Å². The van der Waals surface area contributed by atoms with Crippen molar-refractivity contribution in [2.45, 2.75) is 26.3 Å². The Balaban J connectivity index is 1.74. The molecule has 0 aliphatic carbocycles. The van der Waals surface area contributed by atoms with Crippen LogP contribution < -0.4 is 0 Å². The first-order chi connectivity index (χ1) is 14.5. The van der Waals surface area contributed by atoms with Crippen molar-refractivity contribution in [3.8, 4) is 0 Å². The molecule has 7 heteroatoms.